The van der Waals surface area contributed by atoms with Gasteiger partial charge in [0, 0.05) is 31.6 Å². The van der Waals surface area contributed by atoms with Crippen LogP contribution in [0.2, 0.25) is 0 Å². The molecule has 18 heavy (non-hydrogen) atoms. The number of rotatable bonds is 7. The Bertz CT molecular complexity index is 252. The minimum atomic E-state index is -0.195. The zero-order valence-corrected chi connectivity index (χ0v) is 12.1. The second-order valence-corrected chi connectivity index (χ2v) is 5.37. The molecule has 0 aromatic heterocycles. The molecule has 4 nitrogen and oxygen atoms in total. The number of hydrogen-bond acceptors (Lipinski definition) is 3. The lowest BCUT2D eigenvalue weighted by molar-refractivity contribution is -0.130. The van der Waals surface area contributed by atoms with Gasteiger partial charge in [-0.2, -0.15) is 0 Å². The van der Waals surface area contributed by atoms with Crippen molar-refractivity contribution in [1.29, 1.82) is 0 Å². The van der Waals surface area contributed by atoms with Crippen LogP contribution in [0, 0.1) is 5.41 Å². The summed E-state index contributed by atoms with van der Waals surface area (Å²) in [4.78, 5) is 14.5. The summed E-state index contributed by atoms with van der Waals surface area (Å²) in [6.07, 6.45) is 2.93. The average Bonchev–Trinajstić information content (AvgIpc) is 2.40. The minimum Gasteiger partial charge on any atom is -0.379 e. The van der Waals surface area contributed by atoms with E-state index in [-0.39, 0.29) is 11.3 Å². The van der Waals surface area contributed by atoms with Crippen LogP contribution >= 0.6 is 0 Å². The lowest BCUT2D eigenvalue weighted by Gasteiger charge is -2.29. The van der Waals surface area contributed by atoms with Gasteiger partial charge in [0.05, 0.1) is 13.2 Å². The lowest BCUT2D eigenvalue weighted by Crippen LogP contribution is -2.44. The van der Waals surface area contributed by atoms with Crippen molar-refractivity contribution in [2.75, 3.05) is 39.4 Å². The molecule has 0 bridgehead atoms. The largest absolute Gasteiger partial charge is 0.379 e. The third kappa shape index (κ3) is 4.58. The molecule has 0 aromatic carbocycles. The van der Waals surface area contributed by atoms with Crippen molar-refractivity contribution in [1.82, 2.24) is 10.2 Å². The summed E-state index contributed by atoms with van der Waals surface area (Å²) in [6, 6.07) is 0. The maximum Gasteiger partial charge on any atom is 0.225 e. The van der Waals surface area contributed by atoms with Crippen LogP contribution in [-0.2, 0) is 9.53 Å². The van der Waals surface area contributed by atoms with Gasteiger partial charge in [-0.15, -0.1) is 0 Å². The topological polar surface area (TPSA) is 41.6 Å². The van der Waals surface area contributed by atoms with Gasteiger partial charge in [0.25, 0.3) is 0 Å². The molecule has 1 atom stereocenters. The van der Waals surface area contributed by atoms with Crippen LogP contribution in [0.15, 0.2) is 0 Å². The predicted molar refractivity (Wildman–Crippen MR) is 73.6 cm³/mol. The van der Waals surface area contributed by atoms with Crippen molar-refractivity contribution in [2.24, 2.45) is 5.41 Å². The maximum atomic E-state index is 12.2. The van der Waals surface area contributed by atoms with E-state index in [4.69, 9.17) is 4.74 Å². The molecule has 0 aromatic rings. The number of nitrogens with zero attached hydrogens (tertiary/aromatic N) is 1. The van der Waals surface area contributed by atoms with Crippen LogP contribution in [0.1, 0.15) is 40.0 Å². The highest BCUT2D eigenvalue weighted by molar-refractivity contribution is 5.82. The monoisotopic (exact) mass is 256 g/mol. The predicted octanol–water partition coefficient (Wildman–Crippen LogP) is 1.65. The number of carbonyl (C=O) groups excluding carboxylic acids is 1. The van der Waals surface area contributed by atoms with E-state index in [1.807, 2.05) is 0 Å². The van der Waals surface area contributed by atoms with Crippen LogP contribution in [0.4, 0.5) is 0 Å². The van der Waals surface area contributed by atoms with E-state index in [0.717, 1.165) is 58.7 Å². The lowest BCUT2D eigenvalue weighted by atomic mass is 9.82. The van der Waals surface area contributed by atoms with Crippen LogP contribution in [0.3, 0.4) is 0 Å². The second kappa shape index (κ2) is 7.74. The molecule has 106 valence electrons. The third-order valence-electron chi connectivity index (χ3n) is 3.95. The Morgan fingerprint density at radius 2 is 2.00 bits per heavy atom. The van der Waals surface area contributed by atoms with Crippen molar-refractivity contribution >= 4 is 5.91 Å². The summed E-state index contributed by atoms with van der Waals surface area (Å²) >= 11 is 0. The van der Waals surface area contributed by atoms with Gasteiger partial charge < -0.3 is 10.1 Å². The quantitative estimate of drug-likeness (QED) is 0.753. The van der Waals surface area contributed by atoms with E-state index in [1.54, 1.807) is 0 Å². The van der Waals surface area contributed by atoms with Gasteiger partial charge in [-0.25, -0.2) is 0 Å². The fourth-order valence-corrected chi connectivity index (χ4v) is 2.37. The average molecular weight is 256 g/mol. The van der Waals surface area contributed by atoms with E-state index in [9.17, 15) is 4.79 Å². The highest BCUT2D eigenvalue weighted by Crippen LogP contribution is 2.27. The molecule has 0 radical (unpaired) electrons. The Kier molecular flexibility index (Phi) is 6.65. The molecular weight excluding hydrogens is 228 g/mol. The van der Waals surface area contributed by atoms with E-state index < -0.39 is 0 Å². The van der Waals surface area contributed by atoms with Crippen molar-refractivity contribution in [3.8, 4) is 0 Å². The molecule has 1 heterocycles. The van der Waals surface area contributed by atoms with Gasteiger partial charge in [-0.05, 0) is 12.8 Å². The van der Waals surface area contributed by atoms with Crippen molar-refractivity contribution in [3.05, 3.63) is 0 Å². The van der Waals surface area contributed by atoms with Gasteiger partial charge >= 0.3 is 0 Å². The zero-order valence-electron chi connectivity index (χ0n) is 12.1. The number of nitrogens with one attached hydrogen (secondary N) is 1. The molecule has 1 N–H and O–H groups in total. The third-order valence-corrected chi connectivity index (χ3v) is 3.95. The van der Waals surface area contributed by atoms with Crippen molar-refractivity contribution in [3.63, 3.8) is 0 Å². The second-order valence-electron chi connectivity index (χ2n) is 5.37. The molecular formula is C14H28N2O2. The molecule has 1 rings (SSSR count). The molecule has 0 spiro atoms. The standard InChI is InChI=1S/C14H28N2O2/c1-4-6-14(3,5-2)13(17)15-7-8-16-9-11-18-12-10-16/h4-12H2,1-3H3,(H,15,17). The maximum absolute atomic E-state index is 12.2. The number of morpholine rings is 1. The molecule has 1 aliphatic heterocycles. The first kappa shape index (κ1) is 15.4. The van der Waals surface area contributed by atoms with Gasteiger partial charge in [0.15, 0.2) is 0 Å². The smallest absolute Gasteiger partial charge is 0.225 e. The molecule has 1 saturated heterocycles. The molecule has 1 unspecified atom stereocenters. The first-order valence-electron chi connectivity index (χ1n) is 7.21. The summed E-state index contributed by atoms with van der Waals surface area (Å²) in [6.45, 7) is 11.6. The summed E-state index contributed by atoms with van der Waals surface area (Å²) in [5.74, 6) is 0.208. The Morgan fingerprint density at radius 3 is 2.56 bits per heavy atom. The fraction of sp³-hybridized carbons (Fsp3) is 0.929. The summed E-state index contributed by atoms with van der Waals surface area (Å²) in [7, 11) is 0. The number of ether oxygens (including phenoxy) is 1. The summed E-state index contributed by atoms with van der Waals surface area (Å²) < 4.78 is 5.30. The van der Waals surface area contributed by atoms with Crippen molar-refractivity contribution < 1.29 is 9.53 Å². The van der Waals surface area contributed by atoms with E-state index in [2.05, 4.69) is 31.0 Å². The number of carbonyl (C=O) groups is 1. The summed E-state index contributed by atoms with van der Waals surface area (Å²) in [5.41, 5.74) is -0.195. The van der Waals surface area contributed by atoms with Crippen LogP contribution in [-0.4, -0.2) is 50.2 Å². The van der Waals surface area contributed by atoms with Gasteiger partial charge in [-0.1, -0.05) is 27.2 Å². The molecule has 0 saturated carbocycles. The van der Waals surface area contributed by atoms with E-state index in [0.29, 0.717) is 0 Å². The van der Waals surface area contributed by atoms with E-state index in [1.165, 1.54) is 0 Å². The Labute approximate surface area is 111 Å². The molecule has 1 aliphatic rings. The zero-order chi connectivity index (χ0) is 13.4. The van der Waals surface area contributed by atoms with Gasteiger partial charge in [0.1, 0.15) is 0 Å². The number of amides is 1. The molecule has 1 fully saturated rings. The normalized spacial score (nSPS) is 20.4. The molecule has 4 heteroatoms. The van der Waals surface area contributed by atoms with Crippen LogP contribution in [0.25, 0.3) is 0 Å². The first-order chi connectivity index (χ1) is 8.62. The summed E-state index contributed by atoms with van der Waals surface area (Å²) in [5, 5.41) is 3.08. The van der Waals surface area contributed by atoms with Gasteiger partial charge in [-0.3, -0.25) is 9.69 Å². The van der Waals surface area contributed by atoms with Gasteiger partial charge in [0.2, 0.25) is 5.91 Å². The Balaban J connectivity index is 2.26. The molecule has 1 amide bonds. The highest BCUT2D eigenvalue weighted by atomic mass is 16.5. The Morgan fingerprint density at radius 1 is 1.33 bits per heavy atom. The van der Waals surface area contributed by atoms with E-state index >= 15 is 0 Å². The number of hydrogen-bond donors (Lipinski definition) is 1. The minimum absolute atomic E-state index is 0.195. The first-order valence-corrected chi connectivity index (χ1v) is 7.21. The Hall–Kier alpha value is -0.610. The fourth-order valence-electron chi connectivity index (χ4n) is 2.37. The highest BCUT2D eigenvalue weighted by Gasteiger charge is 2.29. The van der Waals surface area contributed by atoms with Crippen LogP contribution < -0.4 is 5.32 Å². The van der Waals surface area contributed by atoms with Crippen molar-refractivity contribution in [2.45, 2.75) is 40.0 Å². The van der Waals surface area contributed by atoms with Crippen LogP contribution in [0.5, 0.6) is 0 Å². The molecule has 0 aliphatic carbocycles. The SMILES string of the molecule is CCCC(C)(CC)C(=O)NCCN1CCOCC1.